The van der Waals surface area contributed by atoms with Crippen LogP contribution in [-0.2, 0) is 21.6 Å². The van der Waals surface area contributed by atoms with E-state index in [0.717, 1.165) is 35.0 Å². The van der Waals surface area contributed by atoms with Crippen LogP contribution in [0.25, 0.3) is 0 Å². The molecule has 6 nitrogen and oxygen atoms in total. The standard InChI is InChI=1S/C30H38N2O4Si/c1-5-19-32-29(33)27-11-6-7-12-28(27)30(32,36-20-17-25-10-8-9-18-31-25)24-13-15-26(16-14-24)35-23-34-21-22-37(2,3)4/h6-16,18H,5,17,19-23H2,1-4H3. The maximum absolute atomic E-state index is 13.5. The van der Waals surface area contributed by atoms with Gasteiger partial charge in [0.15, 0.2) is 12.5 Å². The molecular weight excluding hydrogens is 480 g/mol. The molecule has 1 amide bonds. The monoisotopic (exact) mass is 518 g/mol. The van der Waals surface area contributed by atoms with Crippen molar-refractivity contribution in [1.29, 1.82) is 0 Å². The number of benzene rings is 2. The molecule has 1 aliphatic rings. The molecule has 196 valence electrons. The molecule has 0 bridgehead atoms. The number of rotatable bonds is 13. The zero-order valence-corrected chi connectivity index (χ0v) is 23.4. The molecule has 1 aromatic heterocycles. The number of pyridine rings is 1. The molecular formula is C30H38N2O4Si. The van der Waals surface area contributed by atoms with Crippen LogP contribution in [0.2, 0.25) is 25.7 Å². The fraction of sp³-hybridized carbons (Fsp3) is 0.400. The Hall–Kier alpha value is -3.00. The second kappa shape index (κ2) is 12.0. The van der Waals surface area contributed by atoms with E-state index in [1.54, 1.807) is 6.20 Å². The van der Waals surface area contributed by atoms with Gasteiger partial charge in [0.05, 0.1) is 6.61 Å². The number of hydrogen-bond acceptors (Lipinski definition) is 5. The van der Waals surface area contributed by atoms with Gasteiger partial charge in [0, 0.05) is 56.2 Å². The molecule has 0 fully saturated rings. The Bertz CT molecular complexity index is 1160. The number of ether oxygens (including phenoxy) is 3. The van der Waals surface area contributed by atoms with Gasteiger partial charge in [-0.25, -0.2) is 0 Å². The van der Waals surface area contributed by atoms with Crippen molar-refractivity contribution in [3.63, 3.8) is 0 Å². The van der Waals surface area contributed by atoms with Crippen LogP contribution in [0.3, 0.4) is 0 Å². The minimum Gasteiger partial charge on any atom is -0.468 e. The van der Waals surface area contributed by atoms with Gasteiger partial charge in [-0.2, -0.15) is 0 Å². The van der Waals surface area contributed by atoms with Gasteiger partial charge in [-0.3, -0.25) is 9.78 Å². The van der Waals surface area contributed by atoms with Gasteiger partial charge < -0.3 is 19.1 Å². The highest BCUT2D eigenvalue weighted by molar-refractivity contribution is 6.76. The van der Waals surface area contributed by atoms with E-state index >= 15 is 0 Å². The molecule has 0 saturated heterocycles. The van der Waals surface area contributed by atoms with Crippen molar-refractivity contribution in [2.24, 2.45) is 0 Å². The number of amides is 1. The molecule has 1 aliphatic heterocycles. The summed E-state index contributed by atoms with van der Waals surface area (Å²) in [6, 6.07) is 22.6. The lowest BCUT2D eigenvalue weighted by molar-refractivity contribution is -0.107. The first-order valence-electron chi connectivity index (χ1n) is 13.1. The molecule has 2 aromatic carbocycles. The first kappa shape index (κ1) is 27.0. The third-order valence-electron chi connectivity index (χ3n) is 6.54. The smallest absolute Gasteiger partial charge is 0.257 e. The predicted octanol–water partition coefficient (Wildman–Crippen LogP) is 6.10. The van der Waals surface area contributed by atoms with Gasteiger partial charge in [-0.1, -0.05) is 63.0 Å². The van der Waals surface area contributed by atoms with Crippen LogP contribution in [0.1, 0.15) is 40.5 Å². The lowest BCUT2D eigenvalue weighted by atomic mass is 9.93. The number of fused-ring (bicyclic) bond motifs is 1. The summed E-state index contributed by atoms with van der Waals surface area (Å²) in [5.74, 6) is 0.714. The summed E-state index contributed by atoms with van der Waals surface area (Å²) >= 11 is 0. The van der Waals surface area contributed by atoms with Crippen LogP contribution in [0.5, 0.6) is 5.75 Å². The predicted molar refractivity (Wildman–Crippen MR) is 148 cm³/mol. The van der Waals surface area contributed by atoms with E-state index in [2.05, 4.69) is 31.5 Å². The fourth-order valence-corrected chi connectivity index (χ4v) is 5.36. The molecule has 37 heavy (non-hydrogen) atoms. The number of hydrogen-bond donors (Lipinski definition) is 0. The number of carbonyl (C=O) groups is 1. The summed E-state index contributed by atoms with van der Waals surface area (Å²) < 4.78 is 18.3. The minimum atomic E-state index is -1.13. The SMILES string of the molecule is CCCN1C(=O)c2ccccc2C1(OCCc1ccccn1)c1ccc(OCOCC[Si](C)(C)C)cc1. The first-order chi connectivity index (χ1) is 17.8. The Kier molecular flexibility index (Phi) is 8.79. The quantitative estimate of drug-likeness (QED) is 0.155. The normalized spacial score (nSPS) is 17.2. The molecule has 2 heterocycles. The average molecular weight is 519 g/mol. The number of carbonyl (C=O) groups excluding carboxylic acids is 1. The van der Waals surface area contributed by atoms with Crippen molar-refractivity contribution in [3.05, 3.63) is 95.3 Å². The molecule has 3 aromatic rings. The van der Waals surface area contributed by atoms with E-state index in [1.807, 2.05) is 71.6 Å². The summed E-state index contributed by atoms with van der Waals surface area (Å²) in [5, 5.41) is 0. The van der Waals surface area contributed by atoms with Crippen LogP contribution in [-0.4, -0.2) is 50.4 Å². The maximum Gasteiger partial charge on any atom is 0.257 e. The molecule has 1 atom stereocenters. The van der Waals surface area contributed by atoms with E-state index in [1.165, 1.54) is 0 Å². The molecule has 7 heteroatoms. The Balaban J connectivity index is 1.58. The van der Waals surface area contributed by atoms with Crippen LogP contribution in [0, 0.1) is 0 Å². The number of aromatic nitrogens is 1. The van der Waals surface area contributed by atoms with Gasteiger partial charge in [0.25, 0.3) is 5.91 Å². The molecule has 4 rings (SSSR count). The topological polar surface area (TPSA) is 60.9 Å². The second-order valence-corrected chi connectivity index (χ2v) is 16.2. The summed E-state index contributed by atoms with van der Waals surface area (Å²) in [5.41, 5.74) is 2.40. The van der Waals surface area contributed by atoms with Crippen LogP contribution in [0.15, 0.2) is 72.9 Å². The van der Waals surface area contributed by atoms with E-state index in [9.17, 15) is 4.79 Å². The first-order valence-corrected chi connectivity index (χ1v) is 16.8. The molecule has 1 unspecified atom stereocenters. The maximum atomic E-state index is 13.5. The molecule has 0 N–H and O–H groups in total. The van der Waals surface area contributed by atoms with E-state index in [4.69, 9.17) is 14.2 Å². The summed E-state index contributed by atoms with van der Waals surface area (Å²) in [6.07, 6.45) is 3.26. The van der Waals surface area contributed by atoms with Gasteiger partial charge in [-0.15, -0.1) is 0 Å². The molecule has 0 saturated carbocycles. The van der Waals surface area contributed by atoms with Crippen molar-refractivity contribution < 1.29 is 19.0 Å². The Morgan fingerprint density at radius 1 is 0.946 bits per heavy atom. The van der Waals surface area contributed by atoms with Crippen molar-refractivity contribution in [3.8, 4) is 5.75 Å². The lowest BCUT2D eigenvalue weighted by Gasteiger charge is -2.39. The van der Waals surface area contributed by atoms with Gasteiger partial charge in [0.2, 0.25) is 0 Å². The van der Waals surface area contributed by atoms with Crippen LogP contribution < -0.4 is 4.74 Å². The highest BCUT2D eigenvalue weighted by atomic mass is 28.3. The summed E-state index contributed by atoms with van der Waals surface area (Å²) in [6.45, 7) is 11.0. The fourth-order valence-electron chi connectivity index (χ4n) is 4.61. The van der Waals surface area contributed by atoms with E-state index in [0.29, 0.717) is 31.7 Å². The highest BCUT2D eigenvalue weighted by Crippen LogP contribution is 2.45. The van der Waals surface area contributed by atoms with Crippen LogP contribution >= 0.6 is 0 Å². The Labute approximate surface area is 221 Å². The lowest BCUT2D eigenvalue weighted by Crippen LogP contribution is -2.47. The summed E-state index contributed by atoms with van der Waals surface area (Å²) in [4.78, 5) is 19.8. The Morgan fingerprint density at radius 2 is 1.70 bits per heavy atom. The van der Waals surface area contributed by atoms with Crippen molar-refractivity contribution in [2.45, 2.75) is 51.2 Å². The average Bonchev–Trinajstić information content (AvgIpc) is 3.13. The zero-order valence-electron chi connectivity index (χ0n) is 22.4. The van der Waals surface area contributed by atoms with Crippen molar-refractivity contribution >= 4 is 14.0 Å². The molecule has 0 spiro atoms. The zero-order chi connectivity index (χ0) is 26.3. The Morgan fingerprint density at radius 3 is 2.41 bits per heavy atom. The third-order valence-corrected chi connectivity index (χ3v) is 8.25. The highest BCUT2D eigenvalue weighted by Gasteiger charge is 2.51. The summed E-state index contributed by atoms with van der Waals surface area (Å²) in [7, 11) is -1.13. The molecule has 0 aliphatic carbocycles. The third kappa shape index (κ3) is 6.29. The largest absolute Gasteiger partial charge is 0.468 e. The molecule has 0 radical (unpaired) electrons. The van der Waals surface area contributed by atoms with Gasteiger partial charge >= 0.3 is 0 Å². The van der Waals surface area contributed by atoms with Gasteiger partial charge in [0.1, 0.15) is 5.75 Å². The van der Waals surface area contributed by atoms with E-state index < -0.39 is 13.8 Å². The van der Waals surface area contributed by atoms with Crippen molar-refractivity contribution in [1.82, 2.24) is 9.88 Å². The van der Waals surface area contributed by atoms with Crippen molar-refractivity contribution in [2.75, 3.05) is 26.6 Å². The minimum absolute atomic E-state index is 0.00795. The van der Waals surface area contributed by atoms with Gasteiger partial charge in [-0.05, 0) is 42.8 Å². The van der Waals surface area contributed by atoms with E-state index in [-0.39, 0.29) is 12.7 Å². The number of nitrogens with zero attached hydrogens (tertiary/aromatic N) is 2. The van der Waals surface area contributed by atoms with Crippen LogP contribution in [0.4, 0.5) is 0 Å². The second-order valence-electron chi connectivity index (χ2n) is 10.6.